The van der Waals surface area contributed by atoms with Crippen molar-refractivity contribution < 1.29 is 21.2 Å². The number of nitrogens with one attached hydrogen (secondary N) is 2. The van der Waals surface area contributed by atoms with Crippen molar-refractivity contribution in [1.29, 1.82) is 0 Å². The Morgan fingerprint density at radius 1 is 0.880 bits per heavy atom. The highest BCUT2D eigenvalue weighted by Crippen LogP contribution is 2.27. The molecule has 0 aliphatic carbocycles. The SMILES string of the molecule is CC(C)c1ccc(S(=O)(=O)Nc2cc(F)ccc2NS(C)(=O)=O)cc1. The zero-order valence-corrected chi connectivity index (χ0v) is 15.6. The Kier molecular flexibility index (Phi) is 5.38. The molecule has 0 saturated heterocycles. The third kappa shape index (κ3) is 5.17. The minimum Gasteiger partial charge on any atom is -0.282 e. The van der Waals surface area contributed by atoms with Gasteiger partial charge in [0.1, 0.15) is 5.82 Å². The van der Waals surface area contributed by atoms with E-state index in [0.29, 0.717) is 0 Å². The van der Waals surface area contributed by atoms with E-state index in [4.69, 9.17) is 0 Å². The van der Waals surface area contributed by atoms with Crippen LogP contribution in [0.1, 0.15) is 25.3 Å². The summed E-state index contributed by atoms with van der Waals surface area (Å²) in [4.78, 5) is -0.00790. The molecule has 2 aromatic rings. The van der Waals surface area contributed by atoms with Gasteiger partial charge in [0.2, 0.25) is 10.0 Å². The highest BCUT2D eigenvalue weighted by Gasteiger charge is 2.18. The van der Waals surface area contributed by atoms with Crippen LogP contribution in [0.15, 0.2) is 47.4 Å². The standard InChI is InChI=1S/C16H19FN2O4S2/c1-11(2)12-4-7-14(8-5-12)25(22,23)19-16-10-13(17)6-9-15(16)18-24(3,20)21/h4-11,18-19H,1-3H3. The summed E-state index contributed by atoms with van der Waals surface area (Å²) in [6.07, 6.45) is 0.916. The molecular weight excluding hydrogens is 367 g/mol. The van der Waals surface area contributed by atoms with Gasteiger partial charge in [0.05, 0.1) is 22.5 Å². The van der Waals surface area contributed by atoms with Crippen LogP contribution in [-0.4, -0.2) is 23.1 Å². The van der Waals surface area contributed by atoms with Gasteiger partial charge in [-0.25, -0.2) is 21.2 Å². The van der Waals surface area contributed by atoms with Crippen molar-refractivity contribution in [2.24, 2.45) is 0 Å². The van der Waals surface area contributed by atoms with Crippen molar-refractivity contribution in [3.05, 3.63) is 53.8 Å². The molecular formula is C16H19FN2O4S2. The average molecular weight is 386 g/mol. The van der Waals surface area contributed by atoms with Crippen LogP contribution in [-0.2, 0) is 20.0 Å². The molecule has 0 aliphatic heterocycles. The molecule has 0 saturated carbocycles. The second-order valence-corrected chi connectivity index (χ2v) is 9.32. The van der Waals surface area contributed by atoms with Gasteiger partial charge in [0.25, 0.3) is 10.0 Å². The van der Waals surface area contributed by atoms with E-state index in [2.05, 4.69) is 9.44 Å². The van der Waals surface area contributed by atoms with Crippen molar-refractivity contribution in [2.75, 3.05) is 15.7 Å². The van der Waals surface area contributed by atoms with Gasteiger partial charge in [-0.1, -0.05) is 26.0 Å². The van der Waals surface area contributed by atoms with Gasteiger partial charge in [0, 0.05) is 6.07 Å². The Morgan fingerprint density at radius 2 is 1.48 bits per heavy atom. The van der Waals surface area contributed by atoms with Gasteiger partial charge in [-0.05, 0) is 35.7 Å². The molecule has 0 atom stereocenters. The molecule has 25 heavy (non-hydrogen) atoms. The third-order valence-corrected chi connectivity index (χ3v) is 5.35. The lowest BCUT2D eigenvalue weighted by molar-refractivity contribution is 0.600. The number of hydrogen-bond donors (Lipinski definition) is 2. The molecule has 0 radical (unpaired) electrons. The fourth-order valence-corrected chi connectivity index (χ4v) is 3.77. The van der Waals surface area contributed by atoms with Crippen LogP contribution in [0.2, 0.25) is 0 Å². The lowest BCUT2D eigenvalue weighted by atomic mass is 10.0. The van der Waals surface area contributed by atoms with Gasteiger partial charge < -0.3 is 0 Å². The molecule has 2 N–H and O–H groups in total. The van der Waals surface area contributed by atoms with E-state index in [1.54, 1.807) is 12.1 Å². The summed E-state index contributed by atoms with van der Waals surface area (Å²) >= 11 is 0. The average Bonchev–Trinajstić information content (AvgIpc) is 2.48. The number of sulfonamides is 2. The summed E-state index contributed by atoms with van der Waals surface area (Å²) in [7, 11) is -7.66. The molecule has 6 nitrogen and oxygen atoms in total. The number of anilines is 2. The number of hydrogen-bond acceptors (Lipinski definition) is 4. The molecule has 0 fully saturated rings. The van der Waals surface area contributed by atoms with E-state index in [-0.39, 0.29) is 22.2 Å². The molecule has 2 aromatic carbocycles. The largest absolute Gasteiger partial charge is 0.282 e. The lowest BCUT2D eigenvalue weighted by Gasteiger charge is -2.14. The Balaban J connectivity index is 2.38. The molecule has 0 bridgehead atoms. The second kappa shape index (κ2) is 7.01. The van der Waals surface area contributed by atoms with Crippen LogP contribution in [0.5, 0.6) is 0 Å². The van der Waals surface area contributed by atoms with E-state index < -0.39 is 25.9 Å². The zero-order chi connectivity index (χ0) is 18.8. The summed E-state index contributed by atoms with van der Waals surface area (Å²) < 4.78 is 65.6. The topological polar surface area (TPSA) is 92.3 Å². The first-order valence-electron chi connectivity index (χ1n) is 7.38. The first-order valence-corrected chi connectivity index (χ1v) is 10.8. The van der Waals surface area contributed by atoms with Crippen molar-refractivity contribution in [3.63, 3.8) is 0 Å². The van der Waals surface area contributed by atoms with Crippen LogP contribution < -0.4 is 9.44 Å². The van der Waals surface area contributed by atoms with Crippen molar-refractivity contribution in [2.45, 2.75) is 24.7 Å². The number of halogens is 1. The minimum absolute atomic E-state index is 0.00790. The highest BCUT2D eigenvalue weighted by molar-refractivity contribution is 7.93. The molecule has 0 aromatic heterocycles. The monoisotopic (exact) mass is 386 g/mol. The predicted molar refractivity (Wildman–Crippen MR) is 96.2 cm³/mol. The van der Waals surface area contributed by atoms with Crippen LogP contribution >= 0.6 is 0 Å². The van der Waals surface area contributed by atoms with Crippen molar-refractivity contribution in [1.82, 2.24) is 0 Å². The molecule has 2 rings (SSSR count). The van der Waals surface area contributed by atoms with E-state index in [9.17, 15) is 21.2 Å². The Hall–Kier alpha value is -2.13. The summed E-state index contributed by atoms with van der Waals surface area (Å²) in [6.45, 7) is 3.97. The van der Waals surface area contributed by atoms with Crippen molar-refractivity contribution >= 4 is 31.4 Å². The van der Waals surface area contributed by atoms with E-state index in [0.717, 1.165) is 30.0 Å². The van der Waals surface area contributed by atoms with Crippen LogP contribution in [0.25, 0.3) is 0 Å². The van der Waals surface area contributed by atoms with Gasteiger partial charge in [0.15, 0.2) is 0 Å². The Bertz CT molecular complexity index is 970. The molecule has 9 heteroatoms. The third-order valence-electron chi connectivity index (χ3n) is 3.38. The quantitative estimate of drug-likeness (QED) is 0.798. The Labute approximate surface area is 147 Å². The minimum atomic E-state index is -4.00. The van der Waals surface area contributed by atoms with Gasteiger partial charge in [-0.2, -0.15) is 0 Å². The summed E-state index contributed by atoms with van der Waals surface area (Å²) in [5, 5.41) is 0. The maximum absolute atomic E-state index is 13.5. The predicted octanol–water partition coefficient (Wildman–Crippen LogP) is 3.12. The van der Waals surface area contributed by atoms with E-state index >= 15 is 0 Å². The molecule has 0 heterocycles. The maximum atomic E-state index is 13.5. The first kappa shape index (κ1) is 19.2. The fraction of sp³-hybridized carbons (Fsp3) is 0.250. The van der Waals surface area contributed by atoms with Crippen molar-refractivity contribution in [3.8, 4) is 0 Å². The van der Waals surface area contributed by atoms with Gasteiger partial charge >= 0.3 is 0 Å². The summed E-state index contributed by atoms with van der Waals surface area (Å²) in [5.41, 5.74) is 0.716. The zero-order valence-electron chi connectivity index (χ0n) is 13.9. The Morgan fingerprint density at radius 3 is 2.00 bits per heavy atom. The van der Waals surface area contributed by atoms with Crippen LogP contribution in [0.3, 0.4) is 0 Å². The molecule has 0 amide bonds. The molecule has 0 unspecified atom stereocenters. The van der Waals surface area contributed by atoms with Gasteiger partial charge in [-0.15, -0.1) is 0 Å². The highest BCUT2D eigenvalue weighted by atomic mass is 32.2. The lowest BCUT2D eigenvalue weighted by Crippen LogP contribution is -2.17. The second-order valence-electron chi connectivity index (χ2n) is 5.89. The smallest absolute Gasteiger partial charge is 0.261 e. The number of rotatable bonds is 6. The van der Waals surface area contributed by atoms with Crippen LogP contribution in [0.4, 0.5) is 15.8 Å². The first-order chi connectivity index (χ1) is 11.5. The van der Waals surface area contributed by atoms with E-state index in [1.165, 1.54) is 12.1 Å². The molecule has 0 spiro atoms. The number of benzene rings is 2. The normalized spacial score (nSPS) is 12.2. The molecule has 136 valence electrons. The summed E-state index contributed by atoms with van der Waals surface area (Å²) in [6, 6.07) is 9.37. The van der Waals surface area contributed by atoms with E-state index in [1.807, 2.05) is 13.8 Å². The van der Waals surface area contributed by atoms with Crippen LogP contribution in [0, 0.1) is 5.82 Å². The fourth-order valence-electron chi connectivity index (χ4n) is 2.13. The summed E-state index contributed by atoms with van der Waals surface area (Å²) in [5.74, 6) is -0.453. The van der Waals surface area contributed by atoms with Gasteiger partial charge in [-0.3, -0.25) is 9.44 Å². The molecule has 0 aliphatic rings. The maximum Gasteiger partial charge on any atom is 0.261 e.